The van der Waals surface area contributed by atoms with E-state index in [4.69, 9.17) is 0 Å². The Kier molecular flexibility index (Phi) is 2.15. The van der Waals surface area contributed by atoms with E-state index in [0.29, 0.717) is 13.1 Å². The minimum atomic E-state index is -4.07. The predicted molar refractivity (Wildman–Crippen MR) is 30.7 cm³/mol. The highest BCUT2D eigenvalue weighted by Gasteiger charge is 2.29. The molecule has 1 saturated heterocycles. The first-order chi connectivity index (χ1) is 4.58. The van der Waals surface area contributed by atoms with Gasteiger partial charge in [0, 0.05) is 19.1 Å². The van der Waals surface area contributed by atoms with Gasteiger partial charge in [-0.05, 0) is 0 Å². The molecule has 1 aliphatic heterocycles. The summed E-state index contributed by atoms with van der Waals surface area (Å²) in [6.07, 6.45) is -4.07. The number of nitrogens with one attached hydrogen (secondary N) is 2. The van der Waals surface area contributed by atoms with Crippen LogP contribution in [0.5, 0.6) is 0 Å². The molecule has 0 aromatic rings. The van der Waals surface area contributed by atoms with Crippen molar-refractivity contribution in [2.24, 2.45) is 0 Å². The third-order valence-electron chi connectivity index (χ3n) is 1.37. The van der Waals surface area contributed by atoms with Gasteiger partial charge < -0.3 is 10.6 Å². The largest absolute Gasteiger partial charge is 0.401 e. The third kappa shape index (κ3) is 2.53. The normalized spacial score (nSPS) is 20.7. The molecule has 0 aliphatic carbocycles. The fraction of sp³-hybridized carbons (Fsp3) is 1.00. The van der Waals surface area contributed by atoms with Crippen molar-refractivity contribution in [1.82, 2.24) is 10.6 Å². The molecular formula is C5H9F3N2. The number of rotatable bonds is 2. The smallest absolute Gasteiger partial charge is 0.314 e. The van der Waals surface area contributed by atoms with Crippen LogP contribution in [0.15, 0.2) is 0 Å². The fourth-order valence-corrected chi connectivity index (χ4v) is 0.693. The number of hydrogen-bond acceptors (Lipinski definition) is 2. The van der Waals surface area contributed by atoms with Crippen LogP contribution in [-0.2, 0) is 0 Å². The van der Waals surface area contributed by atoms with Crippen LogP contribution in [0.25, 0.3) is 0 Å². The first-order valence-electron chi connectivity index (χ1n) is 3.09. The highest BCUT2D eigenvalue weighted by atomic mass is 19.4. The Morgan fingerprint density at radius 1 is 1.40 bits per heavy atom. The third-order valence-corrected chi connectivity index (χ3v) is 1.37. The summed E-state index contributed by atoms with van der Waals surface area (Å²) in [7, 11) is 0. The second kappa shape index (κ2) is 2.75. The second-order valence-electron chi connectivity index (χ2n) is 2.35. The highest BCUT2D eigenvalue weighted by Crippen LogP contribution is 2.12. The molecular weight excluding hydrogens is 145 g/mol. The van der Waals surface area contributed by atoms with Crippen molar-refractivity contribution >= 4 is 0 Å². The molecule has 0 spiro atoms. The van der Waals surface area contributed by atoms with Crippen molar-refractivity contribution in [3.63, 3.8) is 0 Å². The van der Waals surface area contributed by atoms with Gasteiger partial charge in [-0.15, -0.1) is 0 Å². The summed E-state index contributed by atoms with van der Waals surface area (Å²) in [4.78, 5) is 0. The van der Waals surface area contributed by atoms with E-state index in [0.717, 1.165) is 0 Å². The van der Waals surface area contributed by atoms with E-state index in [-0.39, 0.29) is 6.04 Å². The van der Waals surface area contributed by atoms with Crippen LogP contribution < -0.4 is 10.6 Å². The summed E-state index contributed by atoms with van der Waals surface area (Å²) < 4.78 is 34.5. The van der Waals surface area contributed by atoms with Crippen LogP contribution in [0.3, 0.4) is 0 Å². The van der Waals surface area contributed by atoms with Crippen molar-refractivity contribution in [2.45, 2.75) is 12.2 Å². The van der Waals surface area contributed by atoms with Gasteiger partial charge in [0.1, 0.15) is 0 Å². The van der Waals surface area contributed by atoms with Gasteiger partial charge >= 0.3 is 6.18 Å². The average molecular weight is 154 g/mol. The first kappa shape index (κ1) is 7.81. The Morgan fingerprint density at radius 2 is 2.00 bits per heavy atom. The first-order valence-corrected chi connectivity index (χ1v) is 3.09. The quantitative estimate of drug-likeness (QED) is 0.590. The van der Waals surface area contributed by atoms with E-state index in [1.807, 2.05) is 0 Å². The van der Waals surface area contributed by atoms with E-state index in [1.54, 1.807) is 0 Å². The van der Waals surface area contributed by atoms with Crippen molar-refractivity contribution < 1.29 is 13.2 Å². The fourth-order valence-electron chi connectivity index (χ4n) is 0.693. The minimum absolute atomic E-state index is 0.0154. The SMILES string of the molecule is FC(F)(F)CNC1CNC1. The van der Waals surface area contributed by atoms with Crippen LogP contribution in [0, 0.1) is 0 Å². The van der Waals surface area contributed by atoms with Gasteiger partial charge in [0.05, 0.1) is 6.54 Å². The molecule has 2 N–H and O–H groups in total. The Labute approximate surface area is 56.8 Å². The lowest BCUT2D eigenvalue weighted by molar-refractivity contribution is -0.126. The summed E-state index contributed by atoms with van der Waals surface area (Å²) >= 11 is 0. The molecule has 0 amide bonds. The van der Waals surface area contributed by atoms with E-state index in [9.17, 15) is 13.2 Å². The molecule has 10 heavy (non-hydrogen) atoms. The minimum Gasteiger partial charge on any atom is -0.314 e. The van der Waals surface area contributed by atoms with Crippen LogP contribution in [0.2, 0.25) is 0 Å². The molecule has 1 rings (SSSR count). The van der Waals surface area contributed by atoms with Gasteiger partial charge in [-0.25, -0.2) is 0 Å². The lowest BCUT2D eigenvalue weighted by Crippen LogP contribution is -2.57. The molecule has 1 fully saturated rings. The molecule has 0 atom stereocenters. The molecule has 0 bridgehead atoms. The molecule has 0 saturated carbocycles. The van der Waals surface area contributed by atoms with Gasteiger partial charge in [-0.1, -0.05) is 0 Å². The predicted octanol–water partition coefficient (Wildman–Crippen LogP) is 0.110. The van der Waals surface area contributed by atoms with E-state index >= 15 is 0 Å². The van der Waals surface area contributed by atoms with Gasteiger partial charge in [0.2, 0.25) is 0 Å². The summed E-state index contributed by atoms with van der Waals surface area (Å²) in [6, 6.07) is 0.0154. The van der Waals surface area contributed by atoms with Gasteiger partial charge in [0.25, 0.3) is 0 Å². The standard InChI is InChI=1S/C5H9F3N2/c6-5(7,8)3-10-4-1-9-2-4/h4,9-10H,1-3H2. The van der Waals surface area contributed by atoms with Crippen LogP contribution in [0.4, 0.5) is 13.2 Å². The van der Waals surface area contributed by atoms with Crippen molar-refractivity contribution in [1.29, 1.82) is 0 Å². The number of alkyl halides is 3. The summed E-state index contributed by atoms with van der Waals surface area (Å²) in [6.45, 7) is 0.422. The molecule has 5 heteroatoms. The highest BCUT2D eigenvalue weighted by molar-refractivity contribution is 4.81. The lowest BCUT2D eigenvalue weighted by Gasteiger charge is -2.28. The van der Waals surface area contributed by atoms with Gasteiger partial charge in [0.15, 0.2) is 0 Å². The van der Waals surface area contributed by atoms with Gasteiger partial charge in [-0.3, -0.25) is 0 Å². The maximum atomic E-state index is 11.5. The zero-order valence-corrected chi connectivity index (χ0v) is 5.33. The monoisotopic (exact) mass is 154 g/mol. The zero-order valence-electron chi connectivity index (χ0n) is 5.33. The molecule has 1 heterocycles. The van der Waals surface area contributed by atoms with Gasteiger partial charge in [-0.2, -0.15) is 13.2 Å². The maximum absolute atomic E-state index is 11.5. The molecule has 1 aliphatic rings. The van der Waals surface area contributed by atoms with Crippen LogP contribution in [-0.4, -0.2) is 31.9 Å². The summed E-state index contributed by atoms with van der Waals surface area (Å²) in [5, 5.41) is 5.24. The molecule has 0 radical (unpaired) electrons. The Morgan fingerprint density at radius 3 is 2.30 bits per heavy atom. The summed E-state index contributed by atoms with van der Waals surface area (Å²) in [5.41, 5.74) is 0. The number of halogens is 3. The Hall–Kier alpha value is -0.290. The number of hydrogen-bond donors (Lipinski definition) is 2. The van der Waals surface area contributed by atoms with E-state index in [1.165, 1.54) is 0 Å². The van der Waals surface area contributed by atoms with E-state index < -0.39 is 12.7 Å². The van der Waals surface area contributed by atoms with Crippen molar-refractivity contribution in [2.75, 3.05) is 19.6 Å². The van der Waals surface area contributed by atoms with E-state index in [2.05, 4.69) is 10.6 Å². The Bertz CT molecular complexity index is 108. The maximum Gasteiger partial charge on any atom is 0.401 e. The molecule has 0 aromatic carbocycles. The Balaban J connectivity index is 2.04. The van der Waals surface area contributed by atoms with Crippen LogP contribution >= 0.6 is 0 Å². The summed E-state index contributed by atoms with van der Waals surface area (Å²) in [5.74, 6) is 0. The van der Waals surface area contributed by atoms with Crippen molar-refractivity contribution in [3.05, 3.63) is 0 Å². The molecule has 0 unspecified atom stereocenters. The molecule has 2 nitrogen and oxygen atoms in total. The van der Waals surface area contributed by atoms with Crippen molar-refractivity contribution in [3.8, 4) is 0 Å². The molecule has 0 aromatic heterocycles. The van der Waals surface area contributed by atoms with Crippen LogP contribution in [0.1, 0.15) is 0 Å². The zero-order chi connectivity index (χ0) is 7.61. The average Bonchev–Trinajstić information content (AvgIpc) is 1.56. The second-order valence-corrected chi connectivity index (χ2v) is 2.35. The lowest BCUT2D eigenvalue weighted by atomic mass is 10.2. The molecule has 60 valence electrons. The topological polar surface area (TPSA) is 24.1 Å².